The van der Waals surface area contributed by atoms with Crippen LogP contribution in [-0.2, 0) is 0 Å². The third-order valence-corrected chi connectivity index (χ3v) is 4.63. The first-order valence-corrected chi connectivity index (χ1v) is 9.65. The van der Waals surface area contributed by atoms with Crippen molar-refractivity contribution in [2.75, 3.05) is 34.7 Å². The van der Waals surface area contributed by atoms with Gasteiger partial charge >= 0.3 is 5.96 Å². The monoisotopic (exact) mass is 244 g/mol. The Morgan fingerprint density at radius 1 is 1.12 bits per heavy atom. The summed E-state index contributed by atoms with van der Waals surface area (Å²) in [6.45, 7) is 10.7. The van der Waals surface area contributed by atoms with Gasteiger partial charge in [0.2, 0.25) is 8.24 Å². The van der Waals surface area contributed by atoms with Gasteiger partial charge in [0.15, 0.2) is 0 Å². The first-order chi connectivity index (χ1) is 7.21. The van der Waals surface area contributed by atoms with Gasteiger partial charge in [-0.1, -0.05) is 13.3 Å². The van der Waals surface area contributed by atoms with E-state index in [0.29, 0.717) is 0 Å². The molecule has 4 heteroatoms. The van der Waals surface area contributed by atoms with Crippen LogP contribution in [0, 0.1) is 0 Å². The third kappa shape index (κ3) is 4.55. The van der Waals surface area contributed by atoms with E-state index in [0.717, 1.165) is 0 Å². The molecule has 0 atom stereocenters. The molecule has 0 aromatic carbocycles. The summed E-state index contributed by atoms with van der Waals surface area (Å²) in [7, 11) is 7.23. The van der Waals surface area contributed by atoms with Crippen molar-refractivity contribution in [3.63, 3.8) is 0 Å². The minimum Gasteiger partial charge on any atom is -0.307 e. The second kappa shape index (κ2) is 6.28. The van der Waals surface area contributed by atoms with Crippen molar-refractivity contribution in [1.29, 1.82) is 0 Å². The van der Waals surface area contributed by atoms with Gasteiger partial charge in [0.25, 0.3) is 0 Å². The van der Waals surface area contributed by atoms with Crippen LogP contribution in [0.5, 0.6) is 0 Å². The SMILES string of the molecule is CCCCN(C(N(C)C)=[N+](C)C)[Si](C)(C)C. The lowest BCUT2D eigenvalue weighted by molar-refractivity contribution is -0.474. The van der Waals surface area contributed by atoms with Crippen LogP contribution in [0.3, 0.4) is 0 Å². The summed E-state index contributed by atoms with van der Waals surface area (Å²) in [6, 6.07) is 0. The fourth-order valence-corrected chi connectivity index (χ4v) is 3.76. The molecule has 3 nitrogen and oxygen atoms in total. The molecule has 0 aliphatic rings. The molecule has 0 amide bonds. The molecule has 96 valence electrons. The highest BCUT2D eigenvalue weighted by Gasteiger charge is 2.34. The van der Waals surface area contributed by atoms with Crippen LogP contribution in [0.4, 0.5) is 0 Å². The average molecular weight is 244 g/mol. The molecule has 0 N–H and O–H groups in total. The van der Waals surface area contributed by atoms with Crippen LogP contribution in [-0.4, -0.2) is 63.0 Å². The summed E-state index contributed by atoms with van der Waals surface area (Å²) >= 11 is 0. The highest BCUT2D eigenvalue weighted by molar-refractivity contribution is 6.75. The lowest BCUT2D eigenvalue weighted by atomic mass is 10.3. The highest BCUT2D eigenvalue weighted by atomic mass is 28.3. The molecule has 0 spiro atoms. The van der Waals surface area contributed by atoms with E-state index in [1.807, 2.05) is 0 Å². The van der Waals surface area contributed by atoms with Gasteiger partial charge in [0.1, 0.15) is 0 Å². The number of guanidine groups is 1. The molecule has 0 saturated heterocycles. The summed E-state index contributed by atoms with van der Waals surface area (Å²) in [5.74, 6) is 1.34. The minimum atomic E-state index is -1.30. The van der Waals surface area contributed by atoms with Crippen LogP contribution in [0.15, 0.2) is 0 Å². The maximum atomic E-state index is 2.62. The Morgan fingerprint density at radius 2 is 1.62 bits per heavy atom. The second-order valence-corrected chi connectivity index (χ2v) is 10.6. The van der Waals surface area contributed by atoms with E-state index >= 15 is 0 Å². The fourth-order valence-electron chi connectivity index (χ4n) is 1.93. The molecule has 0 heterocycles. The van der Waals surface area contributed by atoms with Crippen molar-refractivity contribution in [3.05, 3.63) is 0 Å². The molecule has 0 rings (SSSR count). The highest BCUT2D eigenvalue weighted by Crippen LogP contribution is 2.12. The lowest BCUT2D eigenvalue weighted by Gasteiger charge is -2.34. The van der Waals surface area contributed by atoms with E-state index in [1.54, 1.807) is 0 Å². The predicted octanol–water partition coefficient (Wildman–Crippen LogP) is 2.11. The van der Waals surface area contributed by atoms with Crippen LogP contribution >= 0.6 is 0 Å². The van der Waals surface area contributed by atoms with E-state index in [-0.39, 0.29) is 0 Å². The molecular weight excluding hydrogens is 214 g/mol. The van der Waals surface area contributed by atoms with Crippen molar-refractivity contribution < 1.29 is 4.58 Å². The lowest BCUT2D eigenvalue weighted by Crippen LogP contribution is -2.57. The van der Waals surface area contributed by atoms with Gasteiger partial charge in [0.05, 0.1) is 34.7 Å². The Hall–Kier alpha value is -0.513. The molecule has 0 aliphatic carbocycles. The smallest absolute Gasteiger partial charge is 0.307 e. The van der Waals surface area contributed by atoms with Gasteiger partial charge in [-0.2, -0.15) is 0 Å². The Labute approximate surface area is 103 Å². The molecule has 0 aliphatic heterocycles. The summed E-state index contributed by atoms with van der Waals surface area (Å²) in [4.78, 5) is 2.23. The first kappa shape index (κ1) is 15.5. The molecule has 16 heavy (non-hydrogen) atoms. The van der Waals surface area contributed by atoms with E-state index in [9.17, 15) is 0 Å². The van der Waals surface area contributed by atoms with Crippen molar-refractivity contribution in [2.24, 2.45) is 0 Å². The van der Waals surface area contributed by atoms with Crippen LogP contribution < -0.4 is 0 Å². The molecule has 0 radical (unpaired) electrons. The van der Waals surface area contributed by atoms with E-state index in [2.05, 4.69) is 68.8 Å². The standard InChI is InChI=1S/C12H30N3Si/c1-9-10-11-15(16(6,7)8)12(13(2)3)14(4)5/h9-11H2,1-8H3/q+1. The molecule has 0 bridgehead atoms. The maximum absolute atomic E-state index is 2.62. The number of rotatable bonds is 4. The number of hydrogen-bond acceptors (Lipinski definition) is 0. The third-order valence-electron chi connectivity index (χ3n) is 2.59. The Bertz CT molecular complexity index is 237. The number of hydrogen-bond donors (Lipinski definition) is 0. The van der Waals surface area contributed by atoms with Gasteiger partial charge in [-0.15, -0.1) is 0 Å². The first-order valence-electron chi connectivity index (χ1n) is 6.21. The maximum Gasteiger partial charge on any atom is 0.337 e. The molecule has 0 aromatic heterocycles. The van der Waals surface area contributed by atoms with Gasteiger partial charge in [0, 0.05) is 0 Å². The zero-order valence-electron chi connectivity index (χ0n) is 12.5. The normalized spacial score (nSPS) is 11.2. The largest absolute Gasteiger partial charge is 0.337 e. The van der Waals surface area contributed by atoms with Crippen LogP contribution in [0.25, 0.3) is 0 Å². The molecule has 0 aromatic rings. The quantitative estimate of drug-likeness (QED) is 0.324. The van der Waals surface area contributed by atoms with E-state index in [1.165, 1.54) is 25.3 Å². The Kier molecular flexibility index (Phi) is 6.08. The Morgan fingerprint density at radius 3 is 1.88 bits per heavy atom. The minimum absolute atomic E-state index is 1.18. The molecule has 0 unspecified atom stereocenters. The van der Waals surface area contributed by atoms with Gasteiger partial charge < -0.3 is 4.57 Å². The van der Waals surface area contributed by atoms with Gasteiger partial charge in [-0.3, -0.25) is 9.48 Å². The van der Waals surface area contributed by atoms with Crippen LogP contribution in [0.2, 0.25) is 19.6 Å². The number of unbranched alkanes of at least 4 members (excludes halogenated alkanes) is 1. The molecular formula is C12H30N3Si+. The van der Waals surface area contributed by atoms with E-state index < -0.39 is 8.24 Å². The van der Waals surface area contributed by atoms with Crippen molar-refractivity contribution >= 4 is 14.2 Å². The predicted molar refractivity (Wildman–Crippen MR) is 75.8 cm³/mol. The Balaban J connectivity index is 5.08. The van der Waals surface area contributed by atoms with E-state index in [4.69, 9.17) is 0 Å². The summed E-state index contributed by atoms with van der Waals surface area (Å²) in [5.41, 5.74) is 0. The second-order valence-electron chi connectivity index (χ2n) is 5.76. The van der Waals surface area contributed by atoms with Gasteiger partial charge in [-0.05, 0) is 26.1 Å². The summed E-state index contributed by atoms with van der Waals surface area (Å²) < 4.78 is 4.85. The van der Waals surface area contributed by atoms with Crippen molar-refractivity contribution in [2.45, 2.75) is 39.4 Å². The zero-order valence-corrected chi connectivity index (χ0v) is 13.5. The molecule has 0 fully saturated rings. The summed E-state index contributed by atoms with van der Waals surface area (Å²) in [6.07, 6.45) is 2.53. The van der Waals surface area contributed by atoms with Crippen molar-refractivity contribution in [1.82, 2.24) is 9.47 Å². The van der Waals surface area contributed by atoms with Crippen molar-refractivity contribution in [3.8, 4) is 0 Å². The van der Waals surface area contributed by atoms with Gasteiger partial charge in [-0.25, -0.2) is 0 Å². The number of nitrogens with zero attached hydrogens (tertiary/aromatic N) is 3. The fraction of sp³-hybridized carbons (Fsp3) is 0.917. The molecule has 0 saturated carbocycles. The van der Waals surface area contributed by atoms with Crippen LogP contribution in [0.1, 0.15) is 19.8 Å². The summed E-state index contributed by atoms with van der Waals surface area (Å²) in [5, 5.41) is 0. The average Bonchev–Trinajstić information content (AvgIpc) is 2.08. The zero-order chi connectivity index (χ0) is 12.9. The topological polar surface area (TPSA) is 9.49 Å².